The molecule has 0 radical (unpaired) electrons. The first-order valence-electron chi connectivity index (χ1n) is 4.96. The van der Waals surface area contributed by atoms with E-state index in [1.54, 1.807) is 17.8 Å². The molecule has 0 amide bonds. The number of ether oxygens (including phenoxy) is 1. The lowest BCUT2D eigenvalue weighted by Crippen LogP contribution is -2.30. The maximum absolute atomic E-state index is 11.2. The Labute approximate surface area is 94.2 Å². The van der Waals surface area contributed by atoms with Crippen molar-refractivity contribution in [2.45, 2.75) is 19.4 Å². The third kappa shape index (κ3) is 4.38. The Hall–Kier alpha value is -0.970. The number of hydrogen-bond donors (Lipinski definition) is 1. The van der Waals surface area contributed by atoms with Crippen molar-refractivity contribution in [1.82, 2.24) is 5.32 Å². The molecule has 0 aromatic carbocycles. The highest BCUT2D eigenvalue weighted by Gasteiger charge is 2.22. The molecule has 0 aromatic rings. The van der Waals surface area contributed by atoms with Crippen LogP contribution in [-0.4, -0.2) is 36.1 Å². The fraction of sp³-hybridized carbons (Fsp3) is 0.600. The minimum atomic E-state index is -0.152. The monoisotopic (exact) mass is 228 g/mol. The normalized spacial score (nSPS) is 22.5. The SMILES string of the molecule is C=CCN=C1NC(CC(=O)OCC)CS1. The van der Waals surface area contributed by atoms with E-state index in [2.05, 4.69) is 16.9 Å². The molecule has 0 spiro atoms. The first-order chi connectivity index (χ1) is 7.26. The first-order valence-corrected chi connectivity index (χ1v) is 5.95. The Bertz CT molecular complexity index is 266. The molecular formula is C10H16N2O2S. The van der Waals surface area contributed by atoms with Crippen LogP contribution in [0, 0.1) is 0 Å². The lowest BCUT2D eigenvalue weighted by Gasteiger charge is -2.08. The zero-order valence-corrected chi connectivity index (χ0v) is 9.68. The van der Waals surface area contributed by atoms with Gasteiger partial charge < -0.3 is 10.1 Å². The van der Waals surface area contributed by atoms with Crippen molar-refractivity contribution in [1.29, 1.82) is 0 Å². The minimum Gasteiger partial charge on any atom is -0.466 e. The number of nitrogens with zero attached hydrogens (tertiary/aromatic N) is 1. The highest BCUT2D eigenvalue weighted by molar-refractivity contribution is 8.14. The minimum absolute atomic E-state index is 0.151. The zero-order chi connectivity index (χ0) is 11.1. The maximum Gasteiger partial charge on any atom is 0.307 e. The average Bonchev–Trinajstić information content (AvgIpc) is 2.63. The van der Waals surface area contributed by atoms with Crippen molar-refractivity contribution < 1.29 is 9.53 Å². The Morgan fingerprint density at radius 2 is 2.67 bits per heavy atom. The highest BCUT2D eigenvalue weighted by Crippen LogP contribution is 2.16. The second kappa shape index (κ2) is 6.50. The van der Waals surface area contributed by atoms with Gasteiger partial charge >= 0.3 is 5.97 Å². The van der Waals surface area contributed by atoms with Gasteiger partial charge in [-0.2, -0.15) is 0 Å². The van der Waals surface area contributed by atoms with Crippen LogP contribution < -0.4 is 5.32 Å². The van der Waals surface area contributed by atoms with Gasteiger partial charge in [0, 0.05) is 11.8 Å². The Morgan fingerprint density at radius 1 is 1.87 bits per heavy atom. The maximum atomic E-state index is 11.2. The lowest BCUT2D eigenvalue weighted by atomic mass is 10.2. The van der Waals surface area contributed by atoms with Crippen LogP contribution in [0.1, 0.15) is 13.3 Å². The van der Waals surface area contributed by atoms with E-state index in [1.165, 1.54) is 0 Å². The quantitative estimate of drug-likeness (QED) is 0.567. The molecule has 15 heavy (non-hydrogen) atoms. The van der Waals surface area contributed by atoms with E-state index in [9.17, 15) is 4.79 Å². The lowest BCUT2D eigenvalue weighted by molar-refractivity contribution is -0.143. The van der Waals surface area contributed by atoms with Gasteiger partial charge in [-0.1, -0.05) is 17.8 Å². The number of aliphatic imine (C=N–C) groups is 1. The van der Waals surface area contributed by atoms with Crippen LogP contribution in [0.2, 0.25) is 0 Å². The molecule has 1 atom stereocenters. The number of nitrogens with one attached hydrogen (secondary N) is 1. The summed E-state index contributed by atoms with van der Waals surface area (Å²) in [6, 6.07) is 0.151. The number of esters is 1. The highest BCUT2D eigenvalue weighted by atomic mass is 32.2. The molecule has 1 saturated heterocycles. The molecule has 5 heteroatoms. The van der Waals surface area contributed by atoms with Crippen LogP contribution >= 0.6 is 11.8 Å². The second-order valence-electron chi connectivity index (χ2n) is 3.10. The largest absolute Gasteiger partial charge is 0.466 e. The number of carbonyl (C=O) groups is 1. The standard InChI is InChI=1S/C10H16N2O2S/c1-3-5-11-10-12-8(7-15-10)6-9(13)14-4-2/h3,8H,1,4-7H2,2H3,(H,11,12). The van der Waals surface area contributed by atoms with Crippen molar-refractivity contribution in [2.75, 3.05) is 18.9 Å². The fourth-order valence-electron chi connectivity index (χ4n) is 1.21. The molecule has 4 nitrogen and oxygen atoms in total. The Balaban J connectivity index is 2.30. The molecule has 0 aromatic heterocycles. The van der Waals surface area contributed by atoms with E-state index in [4.69, 9.17) is 4.74 Å². The predicted octanol–water partition coefficient (Wildman–Crippen LogP) is 1.19. The third-order valence-electron chi connectivity index (χ3n) is 1.83. The molecule has 1 aliphatic heterocycles. The summed E-state index contributed by atoms with van der Waals surface area (Å²) in [5, 5.41) is 4.07. The number of amidine groups is 1. The van der Waals surface area contributed by atoms with E-state index in [1.807, 2.05) is 6.92 Å². The second-order valence-corrected chi connectivity index (χ2v) is 4.10. The van der Waals surface area contributed by atoms with Gasteiger partial charge in [-0.3, -0.25) is 9.79 Å². The molecule has 84 valence electrons. The van der Waals surface area contributed by atoms with Gasteiger partial charge in [-0.15, -0.1) is 6.58 Å². The van der Waals surface area contributed by atoms with E-state index < -0.39 is 0 Å². The summed E-state index contributed by atoms with van der Waals surface area (Å²) in [4.78, 5) is 15.4. The number of carbonyl (C=O) groups excluding carboxylic acids is 1. The van der Waals surface area contributed by atoms with E-state index >= 15 is 0 Å². The molecule has 1 rings (SSSR count). The summed E-state index contributed by atoms with van der Waals surface area (Å²) >= 11 is 1.63. The van der Waals surface area contributed by atoms with Crippen molar-refractivity contribution in [3.05, 3.63) is 12.7 Å². The summed E-state index contributed by atoms with van der Waals surface area (Å²) < 4.78 is 4.88. The van der Waals surface area contributed by atoms with Crippen molar-refractivity contribution >= 4 is 22.9 Å². The van der Waals surface area contributed by atoms with Gasteiger partial charge in [0.25, 0.3) is 0 Å². The van der Waals surface area contributed by atoms with Crippen molar-refractivity contribution in [2.24, 2.45) is 4.99 Å². The summed E-state index contributed by atoms with van der Waals surface area (Å²) in [6.07, 6.45) is 2.15. The van der Waals surface area contributed by atoms with E-state index in [0.717, 1.165) is 10.9 Å². The van der Waals surface area contributed by atoms with Crippen molar-refractivity contribution in [3.63, 3.8) is 0 Å². The topological polar surface area (TPSA) is 50.7 Å². The van der Waals surface area contributed by atoms with Gasteiger partial charge in [0.15, 0.2) is 5.17 Å². The van der Waals surface area contributed by atoms with Gasteiger partial charge in [0.05, 0.1) is 19.6 Å². The molecule has 1 unspecified atom stereocenters. The van der Waals surface area contributed by atoms with E-state index in [-0.39, 0.29) is 12.0 Å². The molecule has 1 N–H and O–H groups in total. The number of thioether (sulfide) groups is 1. The molecule has 0 saturated carbocycles. The molecule has 0 bridgehead atoms. The molecular weight excluding hydrogens is 212 g/mol. The summed E-state index contributed by atoms with van der Waals surface area (Å²) in [5.74, 6) is 0.718. The van der Waals surface area contributed by atoms with Gasteiger partial charge in [0.1, 0.15) is 0 Å². The van der Waals surface area contributed by atoms with Crippen LogP contribution in [0.4, 0.5) is 0 Å². The van der Waals surface area contributed by atoms with Crippen LogP contribution in [0.15, 0.2) is 17.6 Å². The summed E-state index contributed by atoms with van der Waals surface area (Å²) in [7, 11) is 0. The third-order valence-corrected chi connectivity index (χ3v) is 2.92. The number of rotatable bonds is 5. The van der Waals surface area contributed by atoms with Crippen molar-refractivity contribution in [3.8, 4) is 0 Å². The summed E-state index contributed by atoms with van der Waals surface area (Å²) in [5.41, 5.74) is 0. The predicted molar refractivity (Wildman–Crippen MR) is 63.1 cm³/mol. The summed E-state index contributed by atoms with van der Waals surface area (Å²) in [6.45, 7) is 6.46. The van der Waals surface area contributed by atoms with E-state index in [0.29, 0.717) is 19.6 Å². The average molecular weight is 228 g/mol. The van der Waals surface area contributed by atoms with Crippen LogP contribution in [0.3, 0.4) is 0 Å². The molecule has 0 aliphatic carbocycles. The smallest absolute Gasteiger partial charge is 0.307 e. The van der Waals surface area contributed by atoms with Gasteiger partial charge in [-0.25, -0.2) is 0 Å². The fourth-order valence-corrected chi connectivity index (χ4v) is 2.18. The molecule has 1 aliphatic rings. The van der Waals surface area contributed by atoms with Gasteiger partial charge in [-0.05, 0) is 6.92 Å². The molecule has 1 fully saturated rings. The van der Waals surface area contributed by atoms with Crippen LogP contribution in [-0.2, 0) is 9.53 Å². The first kappa shape index (κ1) is 12.1. The van der Waals surface area contributed by atoms with Crippen LogP contribution in [0.5, 0.6) is 0 Å². The Kier molecular flexibility index (Phi) is 5.25. The van der Waals surface area contributed by atoms with Gasteiger partial charge in [0.2, 0.25) is 0 Å². The van der Waals surface area contributed by atoms with Crippen LogP contribution in [0.25, 0.3) is 0 Å². The Morgan fingerprint density at radius 3 is 3.33 bits per heavy atom. The molecule has 1 heterocycles. The zero-order valence-electron chi connectivity index (χ0n) is 8.86. The number of hydrogen-bond acceptors (Lipinski definition) is 4.